The van der Waals surface area contributed by atoms with Crippen molar-refractivity contribution >= 4 is 80.9 Å². The number of nitrogens with zero attached hydrogens (tertiary/aromatic N) is 2. The molecule has 0 aliphatic carbocycles. The van der Waals surface area contributed by atoms with Crippen LogP contribution in [0.25, 0.3) is 91.9 Å². The van der Waals surface area contributed by atoms with E-state index < -0.39 is 0 Å². The molecular formula is C39H22N2OS. The van der Waals surface area contributed by atoms with Crippen molar-refractivity contribution in [2.24, 2.45) is 0 Å². The number of para-hydroxylation sites is 2. The van der Waals surface area contributed by atoms with Gasteiger partial charge in [-0.1, -0.05) is 109 Å². The van der Waals surface area contributed by atoms with Gasteiger partial charge in [-0.2, -0.15) is 0 Å². The van der Waals surface area contributed by atoms with Gasteiger partial charge in [0.05, 0.1) is 21.4 Å². The molecule has 0 unspecified atom stereocenters. The molecule has 0 aliphatic rings. The predicted molar refractivity (Wildman–Crippen MR) is 181 cm³/mol. The molecule has 0 aliphatic heterocycles. The number of fused-ring (bicyclic) bond motifs is 12. The molecule has 4 heteroatoms. The van der Waals surface area contributed by atoms with Crippen molar-refractivity contribution in [2.75, 3.05) is 0 Å². The Morgan fingerprint density at radius 3 is 2.23 bits per heavy atom. The maximum absolute atomic E-state index is 6.35. The fourth-order valence-electron chi connectivity index (χ4n) is 6.79. The quantitative estimate of drug-likeness (QED) is 0.208. The summed E-state index contributed by atoms with van der Waals surface area (Å²) in [7, 11) is 0. The number of thiophene rings is 1. The molecule has 200 valence electrons. The minimum absolute atomic E-state index is 0.916. The first kappa shape index (κ1) is 23.1. The van der Waals surface area contributed by atoms with E-state index in [1.54, 1.807) is 0 Å². The lowest BCUT2D eigenvalue weighted by Gasteiger charge is -2.10. The summed E-state index contributed by atoms with van der Waals surface area (Å²) in [5, 5.41) is 7.20. The van der Waals surface area contributed by atoms with Gasteiger partial charge in [-0.15, -0.1) is 11.3 Å². The van der Waals surface area contributed by atoms with Gasteiger partial charge < -0.3 is 4.42 Å². The average Bonchev–Trinajstić information content (AvgIpc) is 3.76. The Labute approximate surface area is 249 Å². The average molecular weight is 567 g/mol. The van der Waals surface area contributed by atoms with Crippen LogP contribution in [0, 0.1) is 0 Å². The summed E-state index contributed by atoms with van der Waals surface area (Å²) in [5.74, 6) is 0. The van der Waals surface area contributed by atoms with Crippen molar-refractivity contribution < 1.29 is 4.42 Å². The summed E-state index contributed by atoms with van der Waals surface area (Å²) in [4.78, 5) is 5.33. The first-order chi connectivity index (χ1) is 21.3. The zero-order valence-electron chi connectivity index (χ0n) is 22.9. The lowest BCUT2D eigenvalue weighted by atomic mass is 9.99. The molecule has 4 heterocycles. The van der Waals surface area contributed by atoms with E-state index in [1.165, 1.54) is 30.9 Å². The highest BCUT2D eigenvalue weighted by atomic mass is 32.1. The molecular weight excluding hydrogens is 545 g/mol. The summed E-state index contributed by atoms with van der Waals surface area (Å²) in [6.45, 7) is 0. The minimum Gasteiger partial charge on any atom is -0.455 e. The van der Waals surface area contributed by atoms with Gasteiger partial charge in [0.15, 0.2) is 5.65 Å². The largest absolute Gasteiger partial charge is 0.455 e. The highest BCUT2D eigenvalue weighted by Crippen LogP contribution is 2.42. The number of furan rings is 1. The van der Waals surface area contributed by atoms with Gasteiger partial charge in [-0.3, -0.25) is 4.40 Å². The van der Waals surface area contributed by atoms with E-state index in [1.807, 2.05) is 23.5 Å². The van der Waals surface area contributed by atoms with E-state index in [2.05, 4.69) is 126 Å². The van der Waals surface area contributed by atoms with E-state index >= 15 is 0 Å². The van der Waals surface area contributed by atoms with Crippen molar-refractivity contribution in [1.82, 2.24) is 9.38 Å². The summed E-state index contributed by atoms with van der Waals surface area (Å²) < 4.78 is 11.2. The van der Waals surface area contributed by atoms with Crippen LogP contribution >= 0.6 is 11.3 Å². The molecule has 4 aromatic heterocycles. The Morgan fingerprint density at radius 2 is 1.33 bits per heavy atom. The van der Waals surface area contributed by atoms with Crippen LogP contribution < -0.4 is 0 Å². The molecule has 0 fully saturated rings. The van der Waals surface area contributed by atoms with Crippen molar-refractivity contribution in [3.8, 4) is 22.4 Å². The zero-order valence-corrected chi connectivity index (χ0v) is 23.7. The molecule has 43 heavy (non-hydrogen) atoms. The van der Waals surface area contributed by atoms with Crippen molar-refractivity contribution in [2.45, 2.75) is 0 Å². The second-order valence-corrected chi connectivity index (χ2v) is 12.2. The number of pyridine rings is 1. The Morgan fingerprint density at radius 1 is 0.581 bits per heavy atom. The molecule has 3 nitrogen and oxygen atoms in total. The smallest absolute Gasteiger partial charge is 0.156 e. The molecule has 0 spiro atoms. The van der Waals surface area contributed by atoms with Crippen LogP contribution in [0.15, 0.2) is 138 Å². The second kappa shape index (κ2) is 8.54. The van der Waals surface area contributed by atoms with Crippen LogP contribution in [0.4, 0.5) is 0 Å². The highest BCUT2D eigenvalue weighted by Gasteiger charge is 2.19. The molecule has 0 radical (unpaired) electrons. The summed E-state index contributed by atoms with van der Waals surface area (Å²) in [6, 6.07) is 47.6. The Kier molecular flexibility index (Phi) is 4.60. The molecule has 0 saturated heterocycles. The molecule has 0 amide bonds. The number of hydrogen-bond acceptors (Lipinski definition) is 3. The number of rotatable bonds is 2. The topological polar surface area (TPSA) is 30.4 Å². The van der Waals surface area contributed by atoms with Crippen molar-refractivity contribution in [3.05, 3.63) is 133 Å². The van der Waals surface area contributed by atoms with E-state index in [0.29, 0.717) is 0 Å². The lowest BCUT2D eigenvalue weighted by Crippen LogP contribution is -1.93. The van der Waals surface area contributed by atoms with Gasteiger partial charge in [0.1, 0.15) is 11.2 Å². The SMILES string of the molecule is c1ccc2c(c1)ccc1c2nc2c3sc4ccccc4c3cc(-c3ccc(-c4cccc5c4oc4ccccc45)cc3)n12. The molecule has 0 saturated carbocycles. The van der Waals surface area contributed by atoms with E-state index in [-0.39, 0.29) is 0 Å². The summed E-state index contributed by atoms with van der Waals surface area (Å²) in [6.07, 6.45) is 0. The fraction of sp³-hybridized carbons (Fsp3) is 0. The molecule has 10 aromatic rings. The molecule has 6 aromatic carbocycles. The van der Waals surface area contributed by atoms with Crippen LogP contribution in [0.5, 0.6) is 0 Å². The maximum atomic E-state index is 6.35. The predicted octanol–water partition coefficient (Wildman–Crippen LogP) is 11.2. The summed E-state index contributed by atoms with van der Waals surface area (Å²) in [5.41, 5.74) is 9.54. The number of hydrogen-bond donors (Lipinski definition) is 0. The van der Waals surface area contributed by atoms with Crippen LogP contribution in [-0.4, -0.2) is 9.38 Å². The normalized spacial score (nSPS) is 12.2. The highest BCUT2D eigenvalue weighted by molar-refractivity contribution is 7.26. The monoisotopic (exact) mass is 566 g/mol. The van der Waals surface area contributed by atoms with Crippen molar-refractivity contribution in [3.63, 3.8) is 0 Å². The Hall–Kier alpha value is -5.45. The van der Waals surface area contributed by atoms with Gasteiger partial charge >= 0.3 is 0 Å². The number of benzene rings is 6. The van der Waals surface area contributed by atoms with Gasteiger partial charge in [-0.25, -0.2) is 4.98 Å². The standard InChI is InChI=1S/C39H22N2OS/c1-2-9-26-23(8-1)20-21-32-36(26)40-39-38-31(29-11-4-6-15-35(29)43-38)22-33(41(32)39)25-18-16-24(17-19-25)27-12-7-13-30-28-10-3-5-14-34(28)42-37(27)30/h1-22H. The van der Waals surface area contributed by atoms with E-state index in [0.717, 1.165) is 61.0 Å². The molecule has 10 rings (SSSR count). The van der Waals surface area contributed by atoms with Crippen molar-refractivity contribution in [1.29, 1.82) is 0 Å². The van der Waals surface area contributed by atoms with E-state index in [4.69, 9.17) is 9.40 Å². The Balaban J connectivity index is 1.24. The van der Waals surface area contributed by atoms with Crippen LogP contribution in [0.3, 0.4) is 0 Å². The van der Waals surface area contributed by atoms with Gasteiger partial charge in [0.2, 0.25) is 0 Å². The van der Waals surface area contributed by atoms with Gasteiger partial charge in [0, 0.05) is 37.2 Å². The van der Waals surface area contributed by atoms with E-state index in [9.17, 15) is 0 Å². The van der Waals surface area contributed by atoms with Crippen LogP contribution in [-0.2, 0) is 0 Å². The first-order valence-corrected chi connectivity index (χ1v) is 15.3. The lowest BCUT2D eigenvalue weighted by molar-refractivity contribution is 0.670. The maximum Gasteiger partial charge on any atom is 0.156 e. The zero-order chi connectivity index (χ0) is 28.1. The summed E-state index contributed by atoms with van der Waals surface area (Å²) >= 11 is 1.82. The fourth-order valence-corrected chi connectivity index (χ4v) is 7.95. The second-order valence-electron chi connectivity index (χ2n) is 11.2. The third-order valence-electron chi connectivity index (χ3n) is 8.80. The molecule has 0 atom stereocenters. The Bertz CT molecular complexity index is 2730. The van der Waals surface area contributed by atoms with Gasteiger partial charge in [-0.05, 0) is 40.8 Å². The minimum atomic E-state index is 0.916. The number of imidazole rings is 1. The first-order valence-electron chi connectivity index (χ1n) is 14.5. The molecule has 0 bridgehead atoms. The third kappa shape index (κ3) is 3.21. The third-order valence-corrected chi connectivity index (χ3v) is 9.99. The van der Waals surface area contributed by atoms with Crippen LogP contribution in [0.2, 0.25) is 0 Å². The van der Waals surface area contributed by atoms with Gasteiger partial charge in [0.25, 0.3) is 0 Å². The molecule has 0 N–H and O–H groups in total. The van der Waals surface area contributed by atoms with Crippen LogP contribution in [0.1, 0.15) is 0 Å². The number of aromatic nitrogens is 2.